The number of hydrogen-bond donors (Lipinski definition) is 3. The van der Waals surface area contributed by atoms with Crippen LogP contribution in [0.25, 0.3) is 22.0 Å². The summed E-state index contributed by atoms with van der Waals surface area (Å²) in [5, 5.41) is 9.82. The van der Waals surface area contributed by atoms with Crippen LogP contribution in [0.5, 0.6) is 5.75 Å². The van der Waals surface area contributed by atoms with E-state index in [0.717, 1.165) is 82.2 Å². The lowest BCUT2D eigenvalue weighted by molar-refractivity contribution is 0.291. The molecular formula is C27H28N10O. The molecule has 0 saturated heterocycles. The molecule has 7 heterocycles. The topological polar surface area (TPSA) is 148 Å². The van der Waals surface area contributed by atoms with E-state index in [1.165, 1.54) is 0 Å². The van der Waals surface area contributed by atoms with E-state index in [0.29, 0.717) is 24.8 Å². The molecule has 0 aliphatic carbocycles. The van der Waals surface area contributed by atoms with Crippen molar-refractivity contribution in [3.05, 3.63) is 65.8 Å². The molecule has 5 aromatic rings. The standard InChI is InChI=1S/C27H28N10O/c1-15-19(11-31-21-3-2-17(28)14-38-26(15)21)22-8-16-9-23(32-12-20(16)27(29)33-22)34-24-10-18-4-6-36-7-5-30-25(36)13-37(18)35-24/h5,7-12,17H,2-4,6,13-14,28H2,1H3,(H2,29,33)(H,32,34,35)/t17-/m1/s1. The summed E-state index contributed by atoms with van der Waals surface area (Å²) < 4.78 is 10.2. The van der Waals surface area contributed by atoms with E-state index in [4.69, 9.17) is 21.3 Å². The second-order valence-corrected chi connectivity index (χ2v) is 9.96. The monoisotopic (exact) mass is 508 g/mol. The Morgan fingerprint density at radius 1 is 1.08 bits per heavy atom. The van der Waals surface area contributed by atoms with E-state index in [1.807, 2.05) is 42.3 Å². The maximum atomic E-state index is 6.38. The first-order valence-corrected chi connectivity index (χ1v) is 12.8. The first kappa shape index (κ1) is 22.7. The second-order valence-electron chi connectivity index (χ2n) is 9.96. The molecule has 2 aliphatic heterocycles. The van der Waals surface area contributed by atoms with Gasteiger partial charge in [0.05, 0.1) is 17.9 Å². The minimum Gasteiger partial charge on any atom is -0.490 e. The van der Waals surface area contributed by atoms with E-state index in [1.54, 1.807) is 6.20 Å². The van der Waals surface area contributed by atoms with Gasteiger partial charge in [-0.2, -0.15) is 5.10 Å². The van der Waals surface area contributed by atoms with Crippen molar-refractivity contribution in [2.75, 3.05) is 17.7 Å². The number of nitrogens with two attached hydrogens (primary N) is 2. The molecule has 0 radical (unpaired) electrons. The number of nitrogens with one attached hydrogen (secondary N) is 1. The third-order valence-corrected chi connectivity index (χ3v) is 7.39. The molecule has 0 unspecified atom stereocenters. The van der Waals surface area contributed by atoms with Crippen LogP contribution in [0.4, 0.5) is 17.5 Å². The number of aromatic nitrogens is 7. The molecule has 192 valence electrons. The van der Waals surface area contributed by atoms with E-state index >= 15 is 0 Å². The van der Waals surface area contributed by atoms with Crippen molar-refractivity contribution < 1.29 is 4.74 Å². The zero-order chi connectivity index (χ0) is 25.8. The highest BCUT2D eigenvalue weighted by Gasteiger charge is 2.21. The van der Waals surface area contributed by atoms with Gasteiger partial charge in [-0.25, -0.2) is 15.0 Å². The molecular weight excluding hydrogens is 480 g/mol. The van der Waals surface area contributed by atoms with Crippen LogP contribution in [0.1, 0.15) is 29.2 Å². The summed E-state index contributed by atoms with van der Waals surface area (Å²) in [5.41, 5.74) is 17.2. The lowest BCUT2D eigenvalue weighted by Gasteiger charge is -2.15. The van der Waals surface area contributed by atoms with Crippen LogP contribution >= 0.6 is 0 Å². The SMILES string of the molecule is Cc1c(-c2cc3cc(Nc4cc5n(n4)Cc4nccn4CC5)ncc3c(N)n2)cnc2c1OC[C@H](N)CC2. The molecule has 11 nitrogen and oxygen atoms in total. The smallest absolute Gasteiger partial charge is 0.153 e. The average molecular weight is 509 g/mol. The molecule has 0 fully saturated rings. The minimum atomic E-state index is 0.00776. The first-order chi connectivity index (χ1) is 18.5. The summed E-state index contributed by atoms with van der Waals surface area (Å²) in [5.74, 6) is 3.65. The molecule has 0 saturated carbocycles. The van der Waals surface area contributed by atoms with Gasteiger partial charge in [0.25, 0.3) is 0 Å². The number of aryl methyl sites for hydroxylation is 3. The van der Waals surface area contributed by atoms with Crippen LogP contribution in [0.3, 0.4) is 0 Å². The van der Waals surface area contributed by atoms with Gasteiger partial charge >= 0.3 is 0 Å². The van der Waals surface area contributed by atoms with E-state index < -0.39 is 0 Å². The Morgan fingerprint density at radius 3 is 2.92 bits per heavy atom. The normalized spacial score (nSPS) is 16.6. The number of nitrogens with zero attached hydrogens (tertiary/aromatic N) is 7. The predicted octanol–water partition coefficient (Wildman–Crippen LogP) is 2.98. The number of hydrogen-bond acceptors (Lipinski definition) is 9. The second kappa shape index (κ2) is 8.80. The largest absolute Gasteiger partial charge is 0.490 e. The highest BCUT2D eigenvalue weighted by molar-refractivity contribution is 5.95. The minimum absolute atomic E-state index is 0.00776. The molecule has 1 atom stereocenters. The number of fused-ring (bicyclic) bond motifs is 4. The fraction of sp³-hybridized carbons (Fsp3) is 0.296. The molecule has 0 amide bonds. The molecule has 7 rings (SSSR count). The Morgan fingerprint density at radius 2 is 2.00 bits per heavy atom. The van der Waals surface area contributed by atoms with Gasteiger partial charge in [0.1, 0.15) is 29.8 Å². The molecule has 0 spiro atoms. The molecule has 0 aromatic carbocycles. The Kier molecular flexibility index (Phi) is 5.25. The lowest BCUT2D eigenvalue weighted by atomic mass is 10.0. The molecule has 5 aromatic heterocycles. The number of ether oxygens (including phenoxy) is 1. The summed E-state index contributed by atoms with van der Waals surface area (Å²) in [4.78, 5) is 18.4. The van der Waals surface area contributed by atoms with E-state index in [2.05, 4.69) is 35.9 Å². The zero-order valence-corrected chi connectivity index (χ0v) is 21.1. The van der Waals surface area contributed by atoms with Gasteiger partial charge in [-0.1, -0.05) is 0 Å². The number of pyridine rings is 3. The van der Waals surface area contributed by atoms with Crippen LogP contribution in [-0.4, -0.2) is 46.9 Å². The van der Waals surface area contributed by atoms with Gasteiger partial charge in [-0.05, 0) is 37.3 Å². The molecule has 2 aliphatic rings. The van der Waals surface area contributed by atoms with E-state index in [-0.39, 0.29) is 6.04 Å². The number of anilines is 3. The van der Waals surface area contributed by atoms with Crippen LogP contribution in [0.15, 0.2) is 43.0 Å². The highest BCUT2D eigenvalue weighted by Crippen LogP contribution is 2.35. The third kappa shape index (κ3) is 3.91. The quantitative estimate of drug-likeness (QED) is 0.334. The summed E-state index contributed by atoms with van der Waals surface area (Å²) in [6.45, 7) is 4.04. The Bertz CT molecular complexity index is 1690. The molecule has 5 N–H and O–H groups in total. The number of imidazole rings is 1. The number of nitrogen functional groups attached to an aromatic ring is 1. The van der Waals surface area contributed by atoms with Gasteiger partial charge in [0, 0.05) is 72.1 Å². The summed E-state index contributed by atoms with van der Waals surface area (Å²) in [7, 11) is 0. The van der Waals surface area contributed by atoms with Crippen LogP contribution < -0.4 is 21.5 Å². The fourth-order valence-corrected chi connectivity index (χ4v) is 5.29. The van der Waals surface area contributed by atoms with Crippen molar-refractivity contribution in [3.63, 3.8) is 0 Å². The van der Waals surface area contributed by atoms with Crippen molar-refractivity contribution in [2.45, 2.75) is 45.3 Å². The van der Waals surface area contributed by atoms with Gasteiger partial charge in [-0.3, -0.25) is 9.67 Å². The van der Waals surface area contributed by atoms with Crippen molar-refractivity contribution in [2.24, 2.45) is 5.73 Å². The Hall–Kier alpha value is -4.51. The first-order valence-electron chi connectivity index (χ1n) is 12.8. The van der Waals surface area contributed by atoms with Crippen molar-refractivity contribution in [3.8, 4) is 17.0 Å². The van der Waals surface area contributed by atoms with Crippen molar-refractivity contribution in [1.29, 1.82) is 0 Å². The third-order valence-electron chi connectivity index (χ3n) is 7.39. The Labute approximate surface area is 218 Å². The number of rotatable bonds is 3. The Balaban J connectivity index is 1.21. The van der Waals surface area contributed by atoms with Gasteiger partial charge < -0.3 is 26.1 Å². The predicted molar refractivity (Wildman–Crippen MR) is 144 cm³/mol. The molecule has 11 heteroatoms. The van der Waals surface area contributed by atoms with Crippen LogP contribution in [-0.2, 0) is 25.9 Å². The molecule has 0 bridgehead atoms. The maximum Gasteiger partial charge on any atom is 0.153 e. The van der Waals surface area contributed by atoms with Gasteiger partial charge in [0.15, 0.2) is 5.82 Å². The fourth-order valence-electron chi connectivity index (χ4n) is 5.29. The highest BCUT2D eigenvalue weighted by atomic mass is 16.5. The van der Waals surface area contributed by atoms with Crippen LogP contribution in [0.2, 0.25) is 0 Å². The zero-order valence-electron chi connectivity index (χ0n) is 21.1. The lowest BCUT2D eigenvalue weighted by Crippen LogP contribution is -2.26. The summed E-state index contributed by atoms with van der Waals surface area (Å²) >= 11 is 0. The maximum absolute atomic E-state index is 6.38. The van der Waals surface area contributed by atoms with Crippen molar-refractivity contribution in [1.82, 2.24) is 34.3 Å². The summed E-state index contributed by atoms with van der Waals surface area (Å²) in [6, 6.07) is 6.06. The van der Waals surface area contributed by atoms with Crippen LogP contribution in [0, 0.1) is 6.92 Å². The molecule has 38 heavy (non-hydrogen) atoms. The average Bonchev–Trinajstić information content (AvgIpc) is 3.41. The van der Waals surface area contributed by atoms with Gasteiger partial charge in [0.2, 0.25) is 0 Å². The van der Waals surface area contributed by atoms with E-state index in [9.17, 15) is 0 Å². The summed E-state index contributed by atoms with van der Waals surface area (Å²) in [6.07, 6.45) is 9.99. The van der Waals surface area contributed by atoms with Crippen molar-refractivity contribution >= 4 is 28.2 Å². The van der Waals surface area contributed by atoms with Gasteiger partial charge in [-0.15, -0.1) is 0 Å².